The maximum absolute atomic E-state index is 6.22. The third kappa shape index (κ3) is 2.82. The van der Waals surface area contributed by atoms with E-state index in [-0.39, 0.29) is 6.04 Å². The molecule has 1 unspecified atom stereocenters. The van der Waals surface area contributed by atoms with Crippen molar-refractivity contribution >= 4 is 11.6 Å². The van der Waals surface area contributed by atoms with E-state index >= 15 is 0 Å². The fourth-order valence-electron chi connectivity index (χ4n) is 2.56. The van der Waals surface area contributed by atoms with Gasteiger partial charge in [0.05, 0.1) is 6.61 Å². The van der Waals surface area contributed by atoms with Crippen LogP contribution in [0.1, 0.15) is 29.7 Å². The lowest BCUT2D eigenvalue weighted by molar-refractivity contribution is 0.357. The Morgan fingerprint density at radius 1 is 1.25 bits per heavy atom. The quantitative estimate of drug-likeness (QED) is 0.913. The lowest BCUT2D eigenvalue weighted by Crippen LogP contribution is -2.18. The van der Waals surface area contributed by atoms with Gasteiger partial charge in [0.1, 0.15) is 5.75 Å². The minimum absolute atomic E-state index is 0.230. The van der Waals surface area contributed by atoms with Gasteiger partial charge in [-0.3, -0.25) is 0 Å². The van der Waals surface area contributed by atoms with Crippen LogP contribution in [0.15, 0.2) is 42.5 Å². The first-order valence-electron chi connectivity index (χ1n) is 6.96. The van der Waals surface area contributed by atoms with E-state index in [9.17, 15) is 0 Å². The Labute approximate surface area is 124 Å². The van der Waals surface area contributed by atoms with Crippen molar-refractivity contribution in [1.29, 1.82) is 0 Å². The summed E-state index contributed by atoms with van der Waals surface area (Å²) >= 11 is 6.22. The van der Waals surface area contributed by atoms with Crippen molar-refractivity contribution in [1.82, 2.24) is 5.32 Å². The number of benzene rings is 2. The van der Waals surface area contributed by atoms with Crippen molar-refractivity contribution < 1.29 is 4.74 Å². The summed E-state index contributed by atoms with van der Waals surface area (Å²) in [4.78, 5) is 0. The Balaban J connectivity index is 1.66. The highest BCUT2D eigenvalue weighted by Crippen LogP contribution is 2.26. The zero-order valence-corrected chi connectivity index (χ0v) is 12.3. The first-order chi connectivity index (χ1) is 9.74. The van der Waals surface area contributed by atoms with Gasteiger partial charge in [-0.25, -0.2) is 0 Å². The summed E-state index contributed by atoms with van der Waals surface area (Å²) in [5, 5.41) is 4.34. The van der Waals surface area contributed by atoms with E-state index in [2.05, 4.69) is 36.5 Å². The molecule has 0 saturated carbocycles. The molecule has 2 nitrogen and oxygen atoms in total. The fourth-order valence-corrected chi connectivity index (χ4v) is 2.86. The van der Waals surface area contributed by atoms with Crippen LogP contribution < -0.4 is 10.1 Å². The van der Waals surface area contributed by atoms with Crippen LogP contribution in [0.5, 0.6) is 5.75 Å². The molecule has 0 bridgehead atoms. The molecule has 0 aliphatic carbocycles. The highest BCUT2D eigenvalue weighted by Gasteiger charge is 2.13. The van der Waals surface area contributed by atoms with Crippen molar-refractivity contribution in [3.05, 3.63) is 64.2 Å². The zero-order chi connectivity index (χ0) is 13.9. The predicted octanol–water partition coefficient (Wildman–Crippen LogP) is 4.13. The Hall–Kier alpha value is -1.51. The Bertz CT molecular complexity index is 612. The SMILES string of the molecule is CC(NCc1ccc2c(c1)CCO2)c1ccccc1Cl. The van der Waals surface area contributed by atoms with Gasteiger partial charge in [-0.1, -0.05) is 41.9 Å². The standard InChI is InChI=1S/C17H18ClNO/c1-12(15-4-2-3-5-16(15)18)19-11-13-6-7-17-14(10-13)8-9-20-17/h2-7,10,12,19H,8-9,11H2,1H3. The van der Waals surface area contributed by atoms with Crippen molar-refractivity contribution in [3.8, 4) is 5.75 Å². The highest BCUT2D eigenvalue weighted by atomic mass is 35.5. The Morgan fingerprint density at radius 3 is 2.95 bits per heavy atom. The molecule has 1 aliphatic heterocycles. The van der Waals surface area contributed by atoms with Crippen molar-refractivity contribution in [2.75, 3.05) is 6.61 Å². The van der Waals surface area contributed by atoms with E-state index in [1.807, 2.05) is 18.2 Å². The fraction of sp³-hybridized carbons (Fsp3) is 0.294. The molecule has 1 N–H and O–H groups in total. The minimum Gasteiger partial charge on any atom is -0.493 e. The summed E-state index contributed by atoms with van der Waals surface area (Å²) in [7, 11) is 0. The molecule has 1 atom stereocenters. The number of rotatable bonds is 4. The van der Waals surface area contributed by atoms with Gasteiger partial charge in [-0.15, -0.1) is 0 Å². The van der Waals surface area contributed by atoms with Crippen molar-refractivity contribution in [3.63, 3.8) is 0 Å². The normalized spacial score (nSPS) is 14.7. The molecule has 0 saturated heterocycles. The summed E-state index contributed by atoms with van der Waals surface area (Å²) < 4.78 is 5.53. The molecular formula is C17H18ClNO. The van der Waals surface area contributed by atoms with Gasteiger partial charge >= 0.3 is 0 Å². The number of fused-ring (bicyclic) bond motifs is 1. The van der Waals surface area contributed by atoms with Gasteiger partial charge in [0.2, 0.25) is 0 Å². The molecule has 0 radical (unpaired) electrons. The number of hydrogen-bond acceptors (Lipinski definition) is 2. The maximum Gasteiger partial charge on any atom is 0.122 e. The number of nitrogens with one attached hydrogen (secondary N) is 1. The minimum atomic E-state index is 0.230. The second-order valence-corrected chi connectivity index (χ2v) is 5.57. The second-order valence-electron chi connectivity index (χ2n) is 5.16. The maximum atomic E-state index is 6.22. The summed E-state index contributed by atoms with van der Waals surface area (Å²) in [5.74, 6) is 1.04. The van der Waals surface area contributed by atoms with Crippen LogP contribution in [-0.4, -0.2) is 6.61 Å². The zero-order valence-electron chi connectivity index (χ0n) is 11.5. The van der Waals surface area contributed by atoms with E-state index in [0.717, 1.165) is 35.9 Å². The molecule has 3 heteroatoms. The molecule has 104 valence electrons. The first kappa shape index (κ1) is 13.5. The van der Waals surface area contributed by atoms with Crippen LogP contribution >= 0.6 is 11.6 Å². The Kier molecular flexibility index (Phi) is 3.95. The van der Waals surface area contributed by atoms with Crippen molar-refractivity contribution in [2.45, 2.75) is 25.9 Å². The van der Waals surface area contributed by atoms with Crippen LogP contribution in [0.25, 0.3) is 0 Å². The second kappa shape index (κ2) is 5.86. The van der Waals surface area contributed by atoms with Crippen molar-refractivity contribution in [2.24, 2.45) is 0 Å². The average Bonchev–Trinajstić information content (AvgIpc) is 2.92. The van der Waals surface area contributed by atoms with E-state index < -0.39 is 0 Å². The van der Waals surface area contributed by atoms with Crippen LogP contribution in [-0.2, 0) is 13.0 Å². The van der Waals surface area contributed by atoms with E-state index in [1.54, 1.807) is 0 Å². The van der Waals surface area contributed by atoms with E-state index in [4.69, 9.17) is 16.3 Å². The molecule has 0 aromatic heterocycles. The first-order valence-corrected chi connectivity index (χ1v) is 7.34. The highest BCUT2D eigenvalue weighted by molar-refractivity contribution is 6.31. The molecule has 0 fully saturated rings. The smallest absolute Gasteiger partial charge is 0.122 e. The third-order valence-electron chi connectivity index (χ3n) is 3.74. The van der Waals surface area contributed by atoms with Gasteiger partial charge in [0.15, 0.2) is 0 Å². The molecule has 3 rings (SSSR count). The molecule has 0 spiro atoms. The van der Waals surface area contributed by atoms with Gasteiger partial charge < -0.3 is 10.1 Å². The van der Waals surface area contributed by atoms with Crippen LogP contribution in [0.4, 0.5) is 0 Å². The molecule has 2 aromatic rings. The summed E-state index contributed by atoms with van der Waals surface area (Å²) in [6.45, 7) is 3.78. The summed E-state index contributed by atoms with van der Waals surface area (Å²) in [6, 6.07) is 14.6. The van der Waals surface area contributed by atoms with E-state index in [1.165, 1.54) is 11.1 Å². The van der Waals surface area contributed by atoms with E-state index in [0.29, 0.717) is 0 Å². The lowest BCUT2D eigenvalue weighted by atomic mass is 10.1. The molecule has 1 aliphatic rings. The average molecular weight is 288 g/mol. The third-order valence-corrected chi connectivity index (χ3v) is 4.08. The molecule has 0 amide bonds. The molecule has 20 heavy (non-hydrogen) atoms. The summed E-state index contributed by atoms with van der Waals surface area (Å²) in [6.07, 6.45) is 1.02. The summed E-state index contributed by atoms with van der Waals surface area (Å²) in [5.41, 5.74) is 3.74. The van der Waals surface area contributed by atoms with Crippen LogP contribution in [0.2, 0.25) is 5.02 Å². The predicted molar refractivity (Wildman–Crippen MR) is 82.3 cm³/mol. The molecular weight excluding hydrogens is 270 g/mol. The Morgan fingerprint density at radius 2 is 2.10 bits per heavy atom. The number of hydrogen-bond donors (Lipinski definition) is 1. The van der Waals surface area contributed by atoms with Gasteiger partial charge in [-0.2, -0.15) is 0 Å². The lowest BCUT2D eigenvalue weighted by Gasteiger charge is -2.16. The van der Waals surface area contributed by atoms with Gasteiger partial charge in [-0.05, 0) is 35.7 Å². The molecule has 1 heterocycles. The number of halogens is 1. The topological polar surface area (TPSA) is 21.3 Å². The largest absolute Gasteiger partial charge is 0.493 e. The van der Waals surface area contributed by atoms with Crippen LogP contribution in [0.3, 0.4) is 0 Å². The number of ether oxygens (including phenoxy) is 1. The monoisotopic (exact) mass is 287 g/mol. The van der Waals surface area contributed by atoms with Gasteiger partial charge in [0.25, 0.3) is 0 Å². The van der Waals surface area contributed by atoms with Gasteiger partial charge in [0, 0.05) is 24.0 Å². The molecule has 2 aromatic carbocycles. The van der Waals surface area contributed by atoms with Crippen LogP contribution in [0, 0.1) is 0 Å².